The molecule has 0 amide bonds. The van der Waals surface area contributed by atoms with Gasteiger partial charge in [0, 0.05) is 23.0 Å². The molecule has 0 bridgehead atoms. The molecule has 2 aromatic heterocycles. The number of pyridine rings is 1. The first-order valence-electron chi connectivity index (χ1n) is 6.26. The Morgan fingerprint density at radius 1 is 1.19 bits per heavy atom. The lowest BCUT2D eigenvalue weighted by molar-refractivity contribution is 0.300. The number of hydrogen-bond acceptors (Lipinski definition) is 2. The van der Waals surface area contributed by atoms with Crippen LogP contribution in [0.15, 0.2) is 42.7 Å². The maximum absolute atomic E-state index is 6.16. The van der Waals surface area contributed by atoms with Crippen molar-refractivity contribution in [3.63, 3.8) is 0 Å². The van der Waals surface area contributed by atoms with Crippen LogP contribution < -0.4 is 4.74 Å². The van der Waals surface area contributed by atoms with Crippen molar-refractivity contribution in [1.82, 2.24) is 9.38 Å². The predicted molar refractivity (Wildman–Crippen MR) is 85.5 cm³/mol. The minimum atomic E-state index is 0.279. The van der Waals surface area contributed by atoms with Gasteiger partial charge >= 0.3 is 0 Å². The van der Waals surface area contributed by atoms with Crippen LogP contribution in [0.5, 0.6) is 5.75 Å². The topological polar surface area (TPSA) is 26.5 Å². The summed E-state index contributed by atoms with van der Waals surface area (Å²) < 4.78 is 7.71. The fraction of sp³-hybridized carbons (Fsp3) is 0.133. The van der Waals surface area contributed by atoms with Crippen molar-refractivity contribution in [3.8, 4) is 5.75 Å². The van der Waals surface area contributed by atoms with Crippen LogP contribution in [0.4, 0.5) is 0 Å². The summed E-state index contributed by atoms with van der Waals surface area (Å²) >= 11 is 18.0. The maximum Gasteiger partial charge on any atom is 0.142 e. The predicted octanol–water partition coefficient (Wildman–Crippen LogP) is 4.96. The SMILES string of the molecule is ClCc1cc(Cl)cc(Cl)c1OCc1cn2ccccc2n1. The normalized spacial score (nSPS) is 11.0. The van der Waals surface area contributed by atoms with Crippen molar-refractivity contribution in [1.29, 1.82) is 0 Å². The standard InChI is InChI=1S/C15H11Cl3N2O/c16-7-10-5-11(17)6-13(18)15(10)21-9-12-8-20-4-2-1-3-14(20)19-12/h1-6,8H,7,9H2. The summed E-state index contributed by atoms with van der Waals surface area (Å²) in [7, 11) is 0. The van der Waals surface area contributed by atoms with Crippen LogP contribution in [0.2, 0.25) is 10.0 Å². The molecule has 0 fully saturated rings. The molecule has 3 rings (SSSR count). The van der Waals surface area contributed by atoms with Gasteiger partial charge in [-0.1, -0.05) is 29.3 Å². The van der Waals surface area contributed by atoms with Crippen LogP contribution in [0.3, 0.4) is 0 Å². The number of imidazole rings is 1. The Hall–Kier alpha value is -1.42. The number of aromatic nitrogens is 2. The highest BCUT2D eigenvalue weighted by Gasteiger charge is 2.11. The van der Waals surface area contributed by atoms with Crippen molar-refractivity contribution in [2.24, 2.45) is 0 Å². The van der Waals surface area contributed by atoms with Gasteiger partial charge in [0.2, 0.25) is 0 Å². The molecule has 0 aliphatic heterocycles. The van der Waals surface area contributed by atoms with Crippen LogP contribution in [-0.4, -0.2) is 9.38 Å². The van der Waals surface area contributed by atoms with Gasteiger partial charge in [-0.2, -0.15) is 0 Å². The van der Waals surface area contributed by atoms with Crippen LogP contribution in [0.25, 0.3) is 5.65 Å². The molecule has 0 radical (unpaired) electrons. The van der Waals surface area contributed by atoms with Gasteiger partial charge in [-0.05, 0) is 24.3 Å². The van der Waals surface area contributed by atoms with Crippen molar-refractivity contribution in [3.05, 3.63) is 64.0 Å². The van der Waals surface area contributed by atoms with E-state index >= 15 is 0 Å². The van der Waals surface area contributed by atoms with Crippen LogP contribution in [-0.2, 0) is 12.5 Å². The number of benzene rings is 1. The van der Waals surface area contributed by atoms with E-state index in [0.29, 0.717) is 22.4 Å². The molecule has 0 N–H and O–H groups in total. The molecular formula is C15H11Cl3N2O. The third-order valence-corrected chi connectivity index (χ3v) is 3.79. The lowest BCUT2D eigenvalue weighted by Crippen LogP contribution is -1.99. The Labute approximate surface area is 137 Å². The van der Waals surface area contributed by atoms with Gasteiger partial charge < -0.3 is 9.14 Å². The van der Waals surface area contributed by atoms with Gasteiger partial charge in [-0.15, -0.1) is 11.6 Å². The Balaban J connectivity index is 1.84. The Kier molecular flexibility index (Phi) is 4.24. The molecule has 0 atom stereocenters. The minimum Gasteiger partial charge on any atom is -0.485 e. The Morgan fingerprint density at radius 2 is 2.05 bits per heavy atom. The summed E-state index contributed by atoms with van der Waals surface area (Å²) in [5.74, 6) is 0.828. The molecule has 3 nitrogen and oxygen atoms in total. The minimum absolute atomic E-state index is 0.279. The van der Waals surface area contributed by atoms with Crippen molar-refractivity contribution < 1.29 is 4.74 Å². The zero-order valence-corrected chi connectivity index (χ0v) is 13.2. The third-order valence-electron chi connectivity index (χ3n) is 3.01. The highest BCUT2D eigenvalue weighted by molar-refractivity contribution is 6.36. The fourth-order valence-electron chi connectivity index (χ4n) is 2.08. The molecule has 3 aromatic rings. The second-order valence-corrected chi connectivity index (χ2v) is 5.61. The molecule has 0 saturated carbocycles. The average Bonchev–Trinajstić information content (AvgIpc) is 2.88. The van der Waals surface area contributed by atoms with Gasteiger partial charge in [0.05, 0.1) is 16.6 Å². The summed E-state index contributed by atoms with van der Waals surface area (Å²) in [6.45, 7) is 0.312. The number of ether oxygens (including phenoxy) is 1. The zero-order chi connectivity index (χ0) is 14.8. The summed E-state index contributed by atoms with van der Waals surface area (Å²) in [6.07, 6.45) is 3.85. The molecule has 0 aliphatic carbocycles. The monoisotopic (exact) mass is 340 g/mol. The van der Waals surface area contributed by atoms with Crippen molar-refractivity contribution in [2.75, 3.05) is 0 Å². The molecule has 0 aliphatic rings. The molecule has 108 valence electrons. The second-order valence-electron chi connectivity index (χ2n) is 4.50. The number of halogens is 3. The van der Waals surface area contributed by atoms with Gasteiger partial charge in [-0.3, -0.25) is 0 Å². The molecule has 21 heavy (non-hydrogen) atoms. The van der Waals surface area contributed by atoms with E-state index in [9.17, 15) is 0 Å². The largest absolute Gasteiger partial charge is 0.485 e. The van der Waals surface area contributed by atoms with E-state index in [1.54, 1.807) is 12.1 Å². The van der Waals surface area contributed by atoms with Gasteiger partial charge in [0.25, 0.3) is 0 Å². The molecule has 1 aromatic carbocycles. The maximum atomic E-state index is 6.16. The molecule has 0 spiro atoms. The quantitative estimate of drug-likeness (QED) is 0.627. The summed E-state index contributed by atoms with van der Waals surface area (Å²) in [5, 5.41) is 0.984. The smallest absolute Gasteiger partial charge is 0.142 e. The van der Waals surface area contributed by atoms with E-state index in [1.165, 1.54) is 0 Å². The Bertz CT molecular complexity index is 753. The van der Waals surface area contributed by atoms with E-state index in [2.05, 4.69) is 4.98 Å². The molecule has 0 saturated heterocycles. The van der Waals surface area contributed by atoms with Crippen LogP contribution in [0.1, 0.15) is 11.3 Å². The average molecular weight is 342 g/mol. The Morgan fingerprint density at radius 3 is 2.81 bits per heavy atom. The van der Waals surface area contributed by atoms with E-state index in [0.717, 1.165) is 16.9 Å². The molecule has 6 heteroatoms. The summed E-state index contributed by atoms with van der Waals surface area (Å²) in [5.41, 5.74) is 2.45. The summed E-state index contributed by atoms with van der Waals surface area (Å²) in [4.78, 5) is 4.47. The number of fused-ring (bicyclic) bond motifs is 1. The molecule has 0 unspecified atom stereocenters. The van der Waals surface area contributed by atoms with Gasteiger partial charge in [-0.25, -0.2) is 4.98 Å². The second kappa shape index (κ2) is 6.14. The number of hydrogen-bond donors (Lipinski definition) is 0. The van der Waals surface area contributed by atoms with E-state index in [1.807, 2.05) is 35.0 Å². The van der Waals surface area contributed by atoms with Crippen LogP contribution >= 0.6 is 34.8 Å². The highest BCUT2D eigenvalue weighted by Crippen LogP contribution is 2.33. The number of alkyl halides is 1. The lowest BCUT2D eigenvalue weighted by atomic mass is 10.2. The van der Waals surface area contributed by atoms with E-state index < -0.39 is 0 Å². The zero-order valence-electron chi connectivity index (χ0n) is 10.9. The van der Waals surface area contributed by atoms with E-state index in [-0.39, 0.29) is 5.88 Å². The van der Waals surface area contributed by atoms with Crippen LogP contribution in [0, 0.1) is 0 Å². The van der Waals surface area contributed by atoms with Gasteiger partial charge in [0.15, 0.2) is 0 Å². The van der Waals surface area contributed by atoms with Gasteiger partial charge in [0.1, 0.15) is 18.0 Å². The fourth-order valence-corrected chi connectivity index (χ4v) is 2.87. The van der Waals surface area contributed by atoms with Crippen molar-refractivity contribution >= 4 is 40.4 Å². The lowest BCUT2D eigenvalue weighted by Gasteiger charge is -2.11. The first-order valence-corrected chi connectivity index (χ1v) is 7.55. The first kappa shape index (κ1) is 14.5. The van der Waals surface area contributed by atoms with Crippen molar-refractivity contribution in [2.45, 2.75) is 12.5 Å². The molecule has 2 heterocycles. The number of rotatable bonds is 4. The first-order chi connectivity index (χ1) is 10.2. The molecular weight excluding hydrogens is 331 g/mol. The number of nitrogens with zero attached hydrogens (tertiary/aromatic N) is 2. The van der Waals surface area contributed by atoms with E-state index in [4.69, 9.17) is 39.5 Å². The third kappa shape index (κ3) is 3.10. The highest BCUT2D eigenvalue weighted by atomic mass is 35.5. The summed E-state index contributed by atoms with van der Waals surface area (Å²) in [6, 6.07) is 9.20.